The molecule has 18 heavy (non-hydrogen) atoms. The Morgan fingerprint density at radius 3 is 2.89 bits per heavy atom. The summed E-state index contributed by atoms with van der Waals surface area (Å²) in [7, 11) is 1.71. The third-order valence-corrected chi connectivity index (χ3v) is 2.23. The highest BCUT2D eigenvalue weighted by Crippen LogP contribution is 2.15. The number of carbonyl (C=O) groups is 1. The minimum Gasteiger partial charge on any atom is -0.306 e. The molecule has 2 rings (SSSR count). The Hall–Kier alpha value is -2.48. The largest absolute Gasteiger partial charge is 0.306 e. The van der Waals surface area contributed by atoms with Crippen LogP contribution in [0.2, 0.25) is 0 Å². The molecule has 0 bridgehead atoms. The highest BCUT2D eigenvalue weighted by atomic mass is 19.1. The zero-order valence-corrected chi connectivity index (χ0v) is 9.51. The molecule has 0 aliphatic carbocycles. The van der Waals surface area contributed by atoms with Crippen LogP contribution in [-0.4, -0.2) is 20.7 Å². The van der Waals surface area contributed by atoms with E-state index in [0.29, 0.717) is 5.82 Å². The number of carbonyl (C=O) groups excluding carboxylic acids is 1. The number of amides is 1. The molecule has 0 fully saturated rings. The zero-order chi connectivity index (χ0) is 13.1. The van der Waals surface area contributed by atoms with Crippen molar-refractivity contribution >= 4 is 17.5 Å². The van der Waals surface area contributed by atoms with Crippen molar-refractivity contribution in [2.24, 2.45) is 12.9 Å². The maximum atomic E-state index is 13.7. The molecule has 0 unspecified atom stereocenters. The maximum Gasteiger partial charge on any atom is 0.260 e. The lowest BCUT2D eigenvalue weighted by atomic mass is 10.2. The number of nitrogen functional groups attached to an aromatic ring is 1. The van der Waals surface area contributed by atoms with Gasteiger partial charge in [-0.15, -0.1) is 0 Å². The number of nitrogens with zero attached hydrogens (tertiary/aromatic N) is 3. The molecule has 0 aromatic carbocycles. The zero-order valence-electron chi connectivity index (χ0n) is 9.51. The molecule has 1 amide bonds. The number of pyridine rings is 1. The molecule has 2 heterocycles. The summed E-state index contributed by atoms with van der Waals surface area (Å²) in [5, 5.41) is 6.42. The normalized spacial score (nSPS) is 10.2. The van der Waals surface area contributed by atoms with Crippen LogP contribution in [0.1, 0.15) is 10.4 Å². The summed E-state index contributed by atoms with van der Waals surface area (Å²) < 4.78 is 15.3. The summed E-state index contributed by atoms with van der Waals surface area (Å²) in [6, 6.07) is 2.85. The lowest BCUT2D eigenvalue weighted by molar-refractivity contribution is 0.102. The lowest BCUT2D eigenvalue weighted by Gasteiger charge is -2.06. The number of hydrogen-bond acceptors (Lipinski definition) is 5. The van der Waals surface area contributed by atoms with Crippen molar-refractivity contribution < 1.29 is 9.18 Å². The van der Waals surface area contributed by atoms with E-state index in [1.165, 1.54) is 16.9 Å². The summed E-state index contributed by atoms with van der Waals surface area (Å²) in [5.41, 5.74) is 1.91. The van der Waals surface area contributed by atoms with E-state index in [9.17, 15) is 9.18 Å². The molecule has 4 N–H and O–H groups in total. The van der Waals surface area contributed by atoms with Crippen LogP contribution >= 0.6 is 0 Å². The highest BCUT2D eigenvalue weighted by molar-refractivity contribution is 6.04. The lowest BCUT2D eigenvalue weighted by Crippen LogP contribution is -2.17. The predicted molar refractivity (Wildman–Crippen MR) is 63.2 cm³/mol. The van der Waals surface area contributed by atoms with Crippen LogP contribution < -0.4 is 16.6 Å². The number of nitrogens with two attached hydrogens (primary N) is 1. The average Bonchev–Trinajstić information content (AvgIpc) is 2.75. The van der Waals surface area contributed by atoms with Gasteiger partial charge in [0.25, 0.3) is 5.91 Å². The minimum absolute atomic E-state index is 0.163. The minimum atomic E-state index is -0.812. The van der Waals surface area contributed by atoms with Crippen LogP contribution in [0.25, 0.3) is 0 Å². The highest BCUT2D eigenvalue weighted by Gasteiger charge is 2.16. The molecule has 0 aliphatic heterocycles. The Bertz CT molecular complexity index is 581. The monoisotopic (exact) mass is 250 g/mol. The molecule has 8 heteroatoms. The van der Waals surface area contributed by atoms with Crippen LogP contribution in [0, 0.1) is 5.82 Å². The second kappa shape index (κ2) is 4.80. The first kappa shape index (κ1) is 12.0. The van der Waals surface area contributed by atoms with Crippen molar-refractivity contribution in [2.75, 3.05) is 10.7 Å². The number of halogens is 1. The number of hydrogen-bond donors (Lipinski definition) is 3. The molecule has 0 saturated carbocycles. The fourth-order valence-corrected chi connectivity index (χ4v) is 1.39. The molecule has 94 valence electrons. The summed E-state index contributed by atoms with van der Waals surface area (Å²) in [6.45, 7) is 0. The number of hydrazine groups is 1. The molecule has 0 spiro atoms. The number of anilines is 2. The fraction of sp³-hybridized carbons (Fsp3) is 0.100. The number of aryl methyl sites for hydroxylation is 1. The second-order valence-electron chi connectivity index (χ2n) is 3.49. The molecule has 2 aromatic heterocycles. The number of nitrogens with one attached hydrogen (secondary N) is 2. The van der Waals surface area contributed by atoms with Gasteiger partial charge in [0, 0.05) is 25.5 Å². The predicted octanol–water partition coefficient (Wildman–Crippen LogP) is 0.492. The van der Waals surface area contributed by atoms with Crippen LogP contribution in [0.3, 0.4) is 0 Å². The van der Waals surface area contributed by atoms with Crippen molar-refractivity contribution in [3.05, 3.63) is 35.9 Å². The van der Waals surface area contributed by atoms with Gasteiger partial charge in [0.05, 0.1) is 5.56 Å². The first-order chi connectivity index (χ1) is 8.61. The molecule has 0 radical (unpaired) electrons. The molecule has 0 aliphatic rings. The van der Waals surface area contributed by atoms with Gasteiger partial charge < -0.3 is 10.7 Å². The molecule has 0 atom stereocenters. The Kier molecular flexibility index (Phi) is 3.20. The molecule has 0 saturated heterocycles. The van der Waals surface area contributed by atoms with Gasteiger partial charge in [0.2, 0.25) is 0 Å². The summed E-state index contributed by atoms with van der Waals surface area (Å²) in [4.78, 5) is 15.5. The van der Waals surface area contributed by atoms with E-state index in [-0.39, 0.29) is 11.4 Å². The van der Waals surface area contributed by atoms with Crippen LogP contribution in [0.15, 0.2) is 24.5 Å². The van der Waals surface area contributed by atoms with Crippen molar-refractivity contribution in [3.8, 4) is 0 Å². The van der Waals surface area contributed by atoms with Crippen LogP contribution in [0.5, 0.6) is 0 Å². The van der Waals surface area contributed by atoms with Crippen molar-refractivity contribution in [1.82, 2.24) is 14.8 Å². The van der Waals surface area contributed by atoms with Gasteiger partial charge in [-0.3, -0.25) is 9.48 Å². The van der Waals surface area contributed by atoms with E-state index in [4.69, 9.17) is 5.84 Å². The second-order valence-corrected chi connectivity index (χ2v) is 3.49. The fourth-order valence-electron chi connectivity index (χ4n) is 1.39. The van der Waals surface area contributed by atoms with Gasteiger partial charge in [0.1, 0.15) is 0 Å². The van der Waals surface area contributed by atoms with E-state index in [1.807, 2.05) is 0 Å². The third-order valence-electron chi connectivity index (χ3n) is 2.23. The van der Waals surface area contributed by atoms with E-state index in [2.05, 4.69) is 20.8 Å². The molecular formula is C10H11FN6O. The van der Waals surface area contributed by atoms with E-state index in [0.717, 1.165) is 0 Å². The summed E-state index contributed by atoms with van der Waals surface area (Å²) in [6.07, 6.45) is 2.94. The smallest absolute Gasteiger partial charge is 0.260 e. The Morgan fingerprint density at radius 1 is 1.50 bits per heavy atom. The summed E-state index contributed by atoms with van der Waals surface area (Å²) in [5.74, 6) is 3.79. The Balaban J connectivity index is 2.24. The Labute approximate surface area is 102 Å². The maximum absolute atomic E-state index is 13.7. The standard InChI is InChI=1S/C10H11FN6O/c1-17-5-3-7(16-17)14-10(18)6-2-4-13-9(15-12)8(6)11/h2-5H,12H2,1H3,(H,13,15)(H,14,16,18). The van der Waals surface area contributed by atoms with Crippen molar-refractivity contribution in [2.45, 2.75) is 0 Å². The van der Waals surface area contributed by atoms with Gasteiger partial charge in [-0.05, 0) is 6.07 Å². The van der Waals surface area contributed by atoms with E-state index >= 15 is 0 Å². The van der Waals surface area contributed by atoms with Gasteiger partial charge >= 0.3 is 0 Å². The quantitative estimate of drug-likeness (QED) is 0.544. The third kappa shape index (κ3) is 2.28. The SMILES string of the molecule is Cn1ccc(NC(=O)c2ccnc(NN)c2F)n1. The van der Waals surface area contributed by atoms with Gasteiger partial charge in [-0.1, -0.05) is 0 Å². The topological polar surface area (TPSA) is 97.9 Å². The van der Waals surface area contributed by atoms with Crippen molar-refractivity contribution in [1.29, 1.82) is 0 Å². The summed E-state index contributed by atoms with van der Waals surface area (Å²) >= 11 is 0. The molecular weight excluding hydrogens is 239 g/mol. The number of rotatable bonds is 3. The number of aromatic nitrogens is 3. The average molecular weight is 250 g/mol. The van der Waals surface area contributed by atoms with Crippen molar-refractivity contribution in [3.63, 3.8) is 0 Å². The first-order valence-electron chi connectivity index (χ1n) is 5.04. The first-order valence-corrected chi connectivity index (χ1v) is 5.04. The van der Waals surface area contributed by atoms with Gasteiger partial charge in [-0.2, -0.15) is 5.10 Å². The van der Waals surface area contributed by atoms with Gasteiger partial charge in [-0.25, -0.2) is 15.2 Å². The molecule has 7 nitrogen and oxygen atoms in total. The van der Waals surface area contributed by atoms with Crippen LogP contribution in [-0.2, 0) is 7.05 Å². The van der Waals surface area contributed by atoms with E-state index in [1.54, 1.807) is 19.3 Å². The Morgan fingerprint density at radius 2 is 2.28 bits per heavy atom. The van der Waals surface area contributed by atoms with Crippen LogP contribution in [0.4, 0.5) is 16.0 Å². The van der Waals surface area contributed by atoms with Gasteiger partial charge in [0.15, 0.2) is 17.5 Å². The molecule has 2 aromatic rings. The van der Waals surface area contributed by atoms with E-state index < -0.39 is 11.7 Å².